The third-order valence-electron chi connectivity index (χ3n) is 3.30. The van der Waals surface area contributed by atoms with Gasteiger partial charge >= 0.3 is 0 Å². The van der Waals surface area contributed by atoms with Crippen LogP contribution in [0.1, 0.15) is 42.7 Å². The molecule has 0 saturated heterocycles. The zero-order valence-corrected chi connectivity index (χ0v) is 10.1. The highest BCUT2D eigenvalue weighted by Gasteiger charge is 2.19. The highest BCUT2D eigenvalue weighted by molar-refractivity contribution is 5.35. The van der Waals surface area contributed by atoms with Gasteiger partial charge in [-0.2, -0.15) is 0 Å². The van der Waals surface area contributed by atoms with Crippen molar-refractivity contribution in [1.82, 2.24) is 0 Å². The second-order valence-electron chi connectivity index (χ2n) is 4.31. The van der Waals surface area contributed by atoms with E-state index in [1.54, 1.807) is 0 Å². The number of benzene rings is 1. The molecule has 1 saturated carbocycles. The minimum Gasteiger partial charge on any atom is -0.124 e. The molecule has 1 unspecified atom stereocenters. The quantitative estimate of drug-likeness (QED) is 0.476. The first kappa shape index (κ1) is 12.6. The van der Waals surface area contributed by atoms with Gasteiger partial charge in [-0.3, -0.25) is 0 Å². The van der Waals surface area contributed by atoms with Crippen LogP contribution in [0.4, 0.5) is 0 Å². The molecule has 16 heavy (non-hydrogen) atoms. The molecular formula is C16H20. The van der Waals surface area contributed by atoms with Crippen molar-refractivity contribution < 1.29 is 0 Å². The lowest BCUT2D eigenvalue weighted by atomic mass is 9.79. The van der Waals surface area contributed by atoms with E-state index in [9.17, 15) is 0 Å². The van der Waals surface area contributed by atoms with Crippen molar-refractivity contribution in [3.8, 4) is 12.8 Å². The summed E-state index contributed by atoms with van der Waals surface area (Å²) in [5, 5.41) is 0. The second-order valence-corrected chi connectivity index (χ2v) is 4.31. The summed E-state index contributed by atoms with van der Waals surface area (Å²) in [5.41, 5.74) is 4.35. The Morgan fingerprint density at radius 3 is 2.50 bits per heavy atom. The first-order valence-electron chi connectivity index (χ1n) is 5.85. The van der Waals surface area contributed by atoms with Gasteiger partial charge in [-0.25, -0.2) is 0 Å². The van der Waals surface area contributed by atoms with Gasteiger partial charge in [-0.05, 0) is 37.3 Å². The summed E-state index contributed by atoms with van der Waals surface area (Å²) in [4.78, 5) is 0. The molecule has 0 bridgehead atoms. The number of hydrogen-bond acceptors (Lipinski definition) is 0. The van der Waals surface area contributed by atoms with Gasteiger partial charge in [0.15, 0.2) is 0 Å². The largest absolute Gasteiger partial charge is 0.124 e. The minimum absolute atomic E-state index is 0.630. The summed E-state index contributed by atoms with van der Waals surface area (Å²) < 4.78 is 0. The average molecular weight is 212 g/mol. The lowest BCUT2D eigenvalue weighted by Gasteiger charge is -2.26. The third-order valence-corrected chi connectivity index (χ3v) is 3.30. The van der Waals surface area contributed by atoms with E-state index in [-0.39, 0.29) is 0 Å². The first-order valence-corrected chi connectivity index (χ1v) is 5.85. The topological polar surface area (TPSA) is 0 Å². The summed E-state index contributed by atoms with van der Waals surface area (Å²) >= 11 is 0. The molecule has 0 aromatic heterocycles. The van der Waals surface area contributed by atoms with Gasteiger partial charge in [0.25, 0.3) is 0 Å². The van der Waals surface area contributed by atoms with Crippen LogP contribution in [-0.4, -0.2) is 0 Å². The van der Waals surface area contributed by atoms with E-state index in [0.29, 0.717) is 5.92 Å². The molecule has 0 heterocycles. The van der Waals surface area contributed by atoms with E-state index in [1.807, 2.05) is 0 Å². The molecule has 0 amide bonds. The van der Waals surface area contributed by atoms with Crippen LogP contribution in [0.2, 0.25) is 0 Å². The molecule has 1 atom stereocenters. The number of rotatable bonds is 1. The normalized spacial score (nSPS) is 19.7. The van der Waals surface area contributed by atoms with Crippen molar-refractivity contribution in [2.24, 2.45) is 0 Å². The molecule has 0 aliphatic heterocycles. The van der Waals surface area contributed by atoms with Gasteiger partial charge in [0, 0.05) is 5.92 Å². The van der Waals surface area contributed by atoms with Crippen LogP contribution in [0.15, 0.2) is 36.4 Å². The molecule has 0 N–H and O–H groups in total. The fourth-order valence-electron chi connectivity index (χ4n) is 2.43. The Hall–Kier alpha value is -1.48. The van der Waals surface area contributed by atoms with Crippen molar-refractivity contribution >= 4 is 0 Å². The maximum Gasteiger partial charge on any atom is 0.00480 e. The molecule has 2 rings (SSSR count). The van der Waals surface area contributed by atoms with E-state index >= 15 is 0 Å². The summed E-state index contributed by atoms with van der Waals surface area (Å²) in [6, 6.07) is 8.72. The Morgan fingerprint density at radius 2 is 1.88 bits per heavy atom. The van der Waals surface area contributed by atoms with Crippen LogP contribution < -0.4 is 0 Å². The van der Waals surface area contributed by atoms with Crippen molar-refractivity contribution in [1.29, 1.82) is 0 Å². The number of allylic oxidation sites excluding steroid dienone is 1. The van der Waals surface area contributed by atoms with Gasteiger partial charge in [0.2, 0.25) is 0 Å². The predicted molar refractivity (Wildman–Crippen MR) is 71.4 cm³/mol. The average Bonchev–Trinajstić information content (AvgIpc) is 2.34. The van der Waals surface area contributed by atoms with Crippen LogP contribution in [0, 0.1) is 19.8 Å². The fourth-order valence-corrected chi connectivity index (χ4v) is 2.43. The second kappa shape index (κ2) is 6.18. The molecule has 1 fully saturated rings. The van der Waals surface area contributed by atoms with Crippen LogP contribution in [0.25, 0.3) is 0 Å². The number of terminal acetylenes is 1. The van der Waals surface area contributed by atoms with Gasteiger partial charge in [-0.15, -0.1) is 12.8 Å². The van der Waals surface area contributed by atoms with Crippen LogP contribution in [-0.2, 0) is 0 Å². The maximum atomic E-state index is 4.21. The Morgan fingerprint density at radius 1 is 1.19 bits per heavy atom. The van der Waals surface area contributed by atoms with E-state index in [4.69, 9.17) is 0 Å². The third kappa shape index (κ3) is 2.76. The summed E-state index contributed by atoms with van der Waals surface area (Å²) in [6.45, 7) is 6.42. The summed E-state index contributed by atoms with van der Waals surface area (Å²) in [7, 11) is 0. The zero-order chi connectivity index (χ0) is 12.0. The lowest BCUT2D eigenvalue weighted by molar-refractivity contribution is 0.541. The van der Waals surface area contributed by atoms with Gasteiger partial charge in [-0.1, -0.05) is 42.8 Å². The summed E-state index contributed by atoms with van der Waals surface area (Å²) in [6.07, 6.45) is 13.2. The Bertz CT molecular complexity index is 371. The van der Waals surface area contributed by atoms with E-state index < -0.39 is 0 Å². The molecule has 1 aromatic rings. The zero-order valence-electron chi connectivity index (χ0n) is 10.1. The summed E-state index contributed by atoms with van der Waals surface area (Å²) in [5.74, 6) is 0.630. The Labute approximate surface area is 99.4 Å². The van der Waals surface area contributed by atoms with Gasteiger partial charge < -0.3 is 0 Å². The molecule has 1 aromatic carbocycles. The van der Waals surface area contributed by atoms with Gasteiger partial charge in [0.1, 0.15) is 0 Å². The Kier molecular flexibility index (Phi) is 4.86. The van der Waals surface area contributed by atoms with Crippen LogP contribution in [0.3, 0.4) is 0 Å². The van der Waals surface area contributed by atoms with Gasteiger partial charge in [0.05, 0.1) is 0 Å². The maximum absolute atomic E-state index is 4.21. The Balaban J connectivity index is 0.000000606. The standard InChI is InChI=1S/C14H18.C2H2/c1-11-7-3-5-9-13(11)14-10-6-4-8-12(14)2;1-2/h4,6,8,10,13H,1,3,5,7,9H2,2H3;1-2H. The molecule has 0 nitrogen and oxygen atoms in total. The lowest BCUT2D eigenvalue weighted by Crippen LogP contribution is -2.08. The molecule has 1 aliphatic carbocycles. The van der Waals surface area contributed by atoms with Crippen molar-refractivity contribution in [3.63, 3.8) is 0 Å². The monoisotopic (exact) mass is 212 g/mol. The van der Waals surface area contributed by atoms with Crippen molar-refractivity contribution in [2.75, 3.05) is 0 Å². The molecule has 0 heteroatoms. The SMILES string of the molecule is C#C.C=C1CCCCC1c1ccccc1C. The minimum atomic E-state index is 0.630. The van der Waals surface area contributed by atoms with Crippen LogP contribution >= 0.6 is 0 Å². The molecular weight excluding hydrogens is 192 g/mol. The first-order chi connectivity index (χ1) is 7.79. The van der Waals surface area contributed by atoms with Crippen molar-refractivity contribution in [2.45, 2.75) is 38.5 Å². The smallest absolute Gasteiger partial charge is 0.00480 e. The molecule has 84 valence electrons. The highest BCUT2D eigenvalue weighted by atomic mass is 14.2. The van der Waals surface area contributed by atoms with Crippen LogP contribution in [0.5, 0.6) is 0 Å². The van der Waals surface area contributed by atoms with E-state index in [2.05, 4.69) is 50.6 Å². The number of aryl methyl sites for hydroxylation is 1. The predicted octanol–water partition coefficient (Wildman–Crippen LogP) is 4.46. The molecule has 0 radical (unpaired) electrons. The highest BCUT2D eigenvalue weighted by Crippen LogP contribution is 2.37. The number of hydrogen-bond donors (Lipinski definition) is 0. The fraction of sp³-hybridized carbons (Fsp3) is 0.375. The van der Waals surface area contributed by atoms with Crippen molar-refractivity contribution in [3.05, 3.63) is 47.5 Å². The van der Waals surface area contributed by atoms with E-state index in [1.165, 1.54) is 42.4 Å². The van der Waals surface area contributed by atoms with E-state index in [0.717, 1.165) is 0 Å². The molecule has 1 aliphatic rings. The molecule has 0 spiro atoms.